The molecule has 5 fully saturated rings. The van der Waals surface area contributed by atoms with Gasteiger partial charge in [0.15, 0.2) is 0 Å². The zero-order chi connectivity index (χ0) is 17.8. The van der Waals surface area contributed by atoms with Gasteiger partial charge in [-0.25, -0.2) is 4.79 Å². The quantitative estimate of drug-likeness (QED) is 0.777. The molecule has 2 unspecified atom stereocenters. The van der Waals surface area contributed by atoms with Crippen LogP contribution in [-0.4, -0.2) is 33.8 Å². The van der Waals surface area contributed by atoms with Gasteiger partial charge in [0.1, 0.15) is 0 Å². The average molecular weight is 355 g/mol. The van der Waals surface area contributed by atoms with Gasteiger partial charge in [0, 0.05) is 29.4 Å². The molecule has 0 spiro atoms. The van der Waals surface area contributed by atoms with Gasteiger partial charge < -0.3 is 15.7 Å². The molecule has 26 heavy (non-hydrogen) atoms. The zero-order valence-corrected chi connectivity index (χ0v) is 15.3. The van der Waals surface area contributed by atoms with Crippen molar-refractivity contribution in [1.29, 1.82) is 0 Å². The van der Waals surface area contributed by atoms with Crippen molar-refractivity contribution in [2.45, 2.75) is 74.3 Å². The number of urea groups is 1. The first-order valence-corrected chi connectivity index (χ1v) is 10.2. The van der Waals surface area contributed by atoms with Crippen LogP contribution in [0.1, 0.15) is 63.5 Å². The van der Waals surface area contributed by atoms with E-state index in [1.165, 1.54) is 12.8 Å². The highest BCUT2D eigenvalue weighted by Gasteiger charge is 2.57. The van der Waals surface area contributed by atoms with Gasteiger partial charge in [0.05, 0.1) is 5.60 Å². The highest BCUT2D eigenvalue weighted by atomic mass is 16.3. The minimum atomic E-state index is -0.541. The lowest BCUT2D eigenvalue weighted by Crippen LogP contribution is -2.66. The van der Waals surface area contributed by atoms with E-state index in [9.17, 15) is 9.90 Å². The lowest BCUT2D eigenvalue weighted by molar-refractivity contribution is -0.139. The fraction of sp³-hybridized carbons (Fsp3) is 0.714. The number of hydrogen-bond acceptors (Lipinski definition) is 3. The van der Waals surface area contributed by atoms with Gasteiger partial charge in [-0.15, -0.1) is 0 Å². The Morgan fingerprint density at radius 1 is 1.19 bits per heavy atom. The third kappa shape index (κ3) is 2.72. The minimum absolute atomic E-state index is 0.00171. The summed E-state index contributed by atoms with van der Waals surface area (Å²) >= 11 is 0. The number of rotatable bonds is 4. The number of hydrogen-bond donors (Lipinski definition) is 3. The van der Waals surface area contributed by atoms with Gasteiger partial charge >= 0.3 is 6.03 Å². The van der Waals surface area contributed by atoms with E-state index in [1.54, 1.807) is 0 Å². The summed E-state index contributed by atoms with van der Waals surface area (Å²) in [5, 5.41) is 17.3. The first-order chi connectivity index (χ1) is 12.5. The topological polar surface area (TPSA) is 74.2 Å². The predicted molar refractivity (Wildman–Crippen MR) is 98.7 cm³/mol. The summed E-state index contributed by atoms with van der Waals surface area (Å²) in [6.07, 6.45) is 11.1. The van der Waals surface area contributed by atoms with Crippen LogP contribution in [0.15, 0.2) is 24.4 Å². The minimum Gasteiger partial charge on any atom is -0.390 e. The fourth-order valence-corrected chi connectivity index (χ4v) is 6.70. The Bertz CT molecular complexity index is 686. The normalized spacial score (nSPS) is 39.3. The van der Waals surface area contributed by atoms with Gasteiger partial charge in [-0.2, -0.15) is 0 Å². The van der Waals surface area contributed by atoms with Crippen molar-refractivity contribution < 1.29 is 9.90 Å². The van der Waals surface area contributed by atoms with Crippen LogP contribution in [0.25, 0.3) is 0 Å². The average Bonchev–Trinajstić information content (AvgIpc) is 2.52. The van der Waals surface area contributed by atoms with Crippen LogP contribution in [0.5, 0.6) is 0 Å². The molecule has 1 aromatic rings. The molecular weight excluding hydrogens is 326 g/mol. The van der Waals surface area contributed by atoms with Crippen LogP contribution in [0.4, 0.5) is 4.79 Å². The van der Waals surface area contributed by atoms with Crippen LogP contribution in [0, 0.1) is 11.8 Å². The van der Waals surface area contributed by atoms with E-state index in [1.807, 2.05) is 18.3 Å². The van der Waals surface area contributed by atoms with E-state index < -0.39 is 5.60 Å². The number of amides is 2. The number of aromatic nitrogens is 1. The maximum atomic E-state index is 12.7. The Morgan fingerprint density at radius 3 is 2.54 bits per heavy atom. The number of carbonyl (C=O) groups is 1. The van der Waals surface area contributed by atoms with Crippen LogP contribution in [0.3, 0.4) is 0 Å². The first kappa shape index (κ1) is 16.5. The van der Waals surface area contributed by atoms with E-state index in [2.05, 4.69) is 21.7 Å². The molecular formula is C21H29N3O2. The van der Waals surface area contributed by atoms with E-state index in [-0.39, 0.29) is 17.0 Å². The SMILES string of the molecule is O=C(NCC1(c2ccccn2)CCC1)NC12CC3CC(CC(O)(C3)C1)C2. The van der Waals surface area contributed by atoms with E-state index in [4.69, 9.17) is 0 Å². The maximum Gasteiger partial charge on any atom is 0.315 e. The summed E-state index contributed by atoms with van der Waals surface area (Å²) in [5.74, 6) is 1.15. The molecule has 1 heterocycles. The zero-order valence-electron chi connectivity index (χ0n) is 15.3. The van der Waals surface area contributed by atoms with Crippen molar-refractivity contribution >= 4 is 6.03 Å². The molecule has 1 aromatic heterocycles. The van der Waals surface area contributed by atoms with Crippen molar-refractivity contribution in [2.75, 3.05) is 6.54 Å². The van der Waals surface area contributed by atoms with Crippen molar-refractivity contribution in [3.63, 3.8) is 0 Å². The molecule has 5 saturated carbocycles. The highest BCUT2D eigenvalue weighted by molar-refractivity contribution is 5.75. The highest BCUT2D eigenvalue weighted by Crippen LogP contribution is 2.57. The fourth-order valence-electron chi connectivity index (χ4n) is 6.70. The third-order valence-electron chi connectivity index (χ3n) is 7.52. The molecule has 2 amide bonds. The Labute approximate surface area is 155 Å². The van der Waals surface area contributed by atoms with E-state index in [0.717, 1.165) is 50.6 Å². The number of aliphatic hydroxyl groups is 1. The second-order valence-corrected chi connectivity index (χ2v) is 9.62. The molecule has 6 rings (SSSR count). The standard InChI is InChI=1S/C21H29N3O2/c25-18(23-14-19(5-3-6-19)17-4-1-2-7-22-17)24-20-9-15-8-16(10-20)12-21(26,11-15)13-20/h1-2,4,7,15-16,26H,3,5-6,8-14H2,(H2,23,24,25). The monoisotopic (exact) mass is 355 g/mol. The third-order valence-corrected chi connectivity index (χ3v) is 7.52. The van der Waals surface area contributed by atoms with Crippen molar-refractivity contribution in [2.24, 2.45) is 11.8 Å². The molecule has 5 nitrogen and oxygen atoms in total. The molecule has 3 N–H and O–H groups in total. The molecule has 0 aromatic carbocycles. The molecule has 5 aliphatic carbocycles. The number of pyridine rings is 1. The molecule has 5 heteroatoms. The summed E-state index contributed by atoms with van der Waals surface area (Å²) in [6.45, 7) is 0.642. The Hall–Kier alpha value is -1.62. The first-order valence-electron chi connectivity index (χ1n) is 10.2. The van der Waals surface area contributed by atoms with Crippen LogP contribution >= 0.6 is 0 Å². The summed E-state index contributed by atoms with van der Waals surface area (Å²) in [5.41, 5.74) is 0.357. The second kappa shape index (κ2) is 5.69. The molecule has 0 saturated heterocycles. The number of carbonyl (C=O) groups excluding carboxylic acids is 1. The van der Waals surface area contributed by atoms with Crippen molar-refractivity contribution in [3.8, 4) is 0 Å². The van der Waals surface area contributed by atoms with Gasteiger partial charge in [-0.05, 0) is 75.3 Å². The van der Waals surface area contributed by atoms with Crippen LogP contribution in [-0.2, 0) is 5.41 Å². The number of nitrogens with zero attached hydrogens (tertiary/aromatic N) is 1. The summed E-state index contributed by atoms with van der Waals surface area (Å²) < 4.78 is 0. The summed E-state index contributed by atoms with van der Waals surface area (Å²) in [4.78, 5) is 17.3. The Kier molecular flexibility index (Phi) is 3.62. The maximum absolute atomic E-state index is 12.7. The van der Waals surface area contributed by atoms with Gasteiger partial charge in [0.2, 0.25) is 0 Å². The van der Waals surface area contributed by atoms with Crippen LogP contribution < -0.4 is 10.6 Å². The largest absolute Gasteiger partial charge is 0.390 e. The predicted octanol–water partition coefficient (Wildman–Crippen LogP) is 2.89. The molecule has 0 radical (unpaired) electrons. The smallest absolute Gasteiger partial charge is 0.315 e. The molecule has 0 aliphatic heterocycles. The lowest BCUT2D eigenvalue weighted by Gasteiger charge is -2.60. The second-order valence-electron chi connectivity index (χ2n) is 9.62. The lowest BCUT2D eigenvalue weighted by atomic mass is 9.51. The molecule has 140 valence electrons. The van der Waals surface area contributed by atoms with Crippen molar-refractivity contribution in [1.82, 2.24) is 15.6 Å². The van der Waals surface area contributed by atoms with E-state index >= 15 is 0 Å². The summed E-state index contributed by atoms with van der Waals surface area (Å²) in [6, 6.07) is 5.97. The Balaban J connectivity index is 1.24. The van der Waals surface area contributed by atoms with E-state index in [0.29, 0.717) is 18.4 Å². The van der Waals surface area contributed by atoms with Gasteiger partial charge in [-0.1, -0.05) is 12.5 Å². The summed E-state index contributed by atoms with van der Waals surface area (Å²) in [7, 11) is 0. The number of nitrogens with one attached hydrogen (secondary N) is 2. The Morgan fingerprint density at radius 2 is 1.96 bits per heavy atom. The van der Waals surface area contributed by atoms with Gasteiger partial charge in [-0.3, -0.25) is 4.98 Å². The molecule has 5 aliphatic rings. The molecule has 2 atom stereocenters. The van der Waals surface area contributed by atoms with Crippen LogP contribution in [0.2, 0.25) is 0 Å². The van der Waals surface area contributed by atoms with Gasteiger partial charge in [0.25, 0.3) is 0 Å². The molecule has 4 bridgehead atoms. The van der Waals surface area contributed by atoms with Crippen molar-refractivity contribution in [3.05, 3.63) is 30.1 Å².